The van der Waals surface area contributed by atoms with E-state index in [-0.39, 0.29) is 42.0 Å². The average molecular weight is 394 g/mol. The maximum Gasteiger partial charge on any atom is 0.270 e. The molecule has 0 radical (unpaired) electrons. The first-order valence-electron chi connectivity index (χ1n) is 8.29. The van der Waals surface area contributed by atoms with Crippen molar-refractivity contribution in [1.82, 2.24) is 5.32 Å². The number of halogens is 1. The third kappa shape index (κ3) is 5.67. The highest BCUT2D eigenvalue weighted by Crippen LogP contribution is 2.24. The lowest BCUT2D eigenvalue weighted by atomic mass is 9.99. The number of nitrogens with one attached hydrogen (secondary N) is 1. The van der Waals surface area contributed by atoms with E-state index < -0.39 is 10.8 Å². The largest absolute Gasteiger partial charge is 0.496 e. The van der Waals surface area contributed by atoms with Crippen LogP contribution in [-0.2, 0) is 0 Å². The molecular formula is C19H24ClN3O4. The number of rotatable bonds is 7. The van der Waals surface area contributed by atoms with Gasteiger partial charge >= 0.3 is 0 Å². The molecule has 1 atom stereocenters. The predicted molar refractivity (Wildman–Crippen MR) is 107 cm³/mol. The van der Waals surface area contributed by atoms with Gasteiger partial charge in [0.1, 0.15) is 5.75 Å². The van der Waals surface area contributed by atoms with Gasteiger partial charge in [0.05, 0.1) is 17.6 Å². The molecule has 1 amide bonds. The summed E-state index contributed by atoms with van der Waals surface area (Å²) in [6.45, 7) is 4.43. The lowest BCUT2D eigenvalue weighted by Crippen LogP contribution is -2.32. The number of nitro benzene ring substituents is 1. The topological polar surface area (TPSA) is 107 Å². The molecule has 146 valence electrons. The molecule has 0 aromatic heterocycles. The number of amides is 1. The highest BCUT2D eigenvalue weighted by atomic mass is 35.5. The van der Waals surface area contributed by atoms with Gasteiger partial charge in [0.25, 0.3) is 11.6 Å². The lowest BCUT2D eigenvalue weighted by molar-refractivity contribution is -0.384. The minimum atomic E-state index is -0.557. The van der Waals surface area contributed by atoms with Gasteiger partial charge in [-0.3, -0.25) is 14.9 Å². The van der Waals surface area contributed by atoms with Crippen LogP contribution >= 0.6 is 12.4 Å². The zero-order chi connectivity index (χ0) is 19.3. The van der Waals surface area contributed by atoms with E-state index in [9.17, 15) is 14.9 Å². The molecule has 0 saturated heterocycles. The number of carbonyl (C=O) groups excluding carboxylic acids is 1. The molecule has 3 N–H and O–H groups in total. The minimum Gasteiger partial charge on any atom is -0.496 e. The van der Waals surface area contributed by atoms with Crippen LogP contribution in [0.3, 0.4) is 0 Å². The number of nitrogens with two attached hydrogens (primary N) is 1. The first-order valence-corrected chi connectivity index (χ1v) is 8.29. The van der Waals surface area contributed by atoms with E-state index in [0.29, 0.717) is 5.92 Å². The van der Waals surface area contributed by atoms with Gasteiger partial charge in [0.15, 0.2) is 0 Å². The molecule has 0 heterocycles. The van der Waals surface area contributed by atoms with E-state index in [2.05, 4.69) is 19.2 Å². The number of ether oxygens (including phenoxy) is 1. The fourth-order valence-electron chi connectivity index (χ4n) is 2.53. The SMILES string of the molecule is COc1ccc([N+](=O)[O-])cc1C(=O)NCC(N)c1ccc(C(C)C)cc1.Cl. The molecule has 7 nitrogen and oxygen atoms in total. The summed E-state index contributed by atoms with van der Waals surface area (Å²) in [6.07, 6.45) is 0. The maximum atomic E-state index is 12.4. The van der Waals surface area contributed by atoms with Gasteiger partial charge in [-0.05, 0) is 23.1 Å². The van der Waals surface area contributed by atoms with Crippen LogP contribution in [0.2, 0.25) is 0 Å². The molecule has 8 heteroatoms. The first kappa shape index (κ1) is 22.4. The Bertz CT molecular complexity index is 794. The van der Waals surface area contributed by atoms with Crippen molar-refractivity contribution in [2.24, 2.45) is 5.73 Å². The zero-order valence-electron chi connectivity index (χ0n) is 15.5. The number of hydrogen-bond acceptors (Lipinski definition) is 5. The van der Waals surface area contributed by atoms with Crippen LogP contribution in [0.1, 0.15) is 47.3 Å². The fourth-order valence-corrected chi connectivity index (χ4v) is 2.53. The smallest absolute Gasteiger partial charge is 0.270 e. The summed E-state index contributed by atoms with van der Waals surface area (Å²) in [4.78, 5) is 22.8. The fraction of sp³-hybridized carbons (Fsp3) is 0.316. The summed E-state index contributed by atoms with van der Waals surface area (Å²) in [7, 11) is 1.40. The predicted octanol–water partition coefficient (Wildman–Crippen LogP) is 3.58. The van der Waals surface area contributed by atoms with Crippen LogP contribution in [0, 0.1) is 10.1 Å². The lowest BCUT2D eigenvalue weighted by Gasteiger charge is -2.15. The van der Waals surface area contributed by atoms with Gasteiger partial charge in [0.2, 0.25) is 0 Å². The molecule has 2 rings (SSSR count). The normalized spacial score (nSPS) is 11.4. The van der Waals surface area contributed by atoms with Crippen molar-refractivity contribution in [2.75, 3.05) is 13.7 Å². The van der Waals surface area contributed by atoms with Gasteiger partial charge < -0.3 is 15.8 Å². The van der Waals surface area contributed by atoms with Crippen LogP contribution in [0.15, 0.2) is 42.5 Å². The van der Waals surface area contributed by atoms with E-state index in [1.165, 1.54) is 30.9 Å². The Morgan fingerprint density at radius 3 is 2.30 bits per heavy atom. The second-order valence-corrected chi connectivity index (χ2v) is 6.28. The summed E-state index contributed by atoms with van der Waals surface area (Å²) < 4.78 is 5.11. The molecule has 0 aliphatic carbocycles. The average Bonchev–Trinajstić information content (AvgIpc) is 2.65. The van der Waals surface area contributed by atoms with E-state index in [0.717, 1.165) is 5.56 Å². The third-order valence-corrected chi connectivity index (χ3v) is 4.15. The van der Waals surface area contributed by atoms with Crippen molar-refractivity contribution < 1.29 is 14.5 Å². The number of nitrogens with zero attached hydrogens (tertiary/aromatic N) is 1. The standard InChI is InChI=1S/C19H23N3O4.ClH/c1-12(2)13-4-6-14(7-5-13)17(20)11-21-19(23)16-10-15(22(24)25)8-9-18(16)26-3;/h4-10,12,17H,11,20H2,1-3H3,(H,21,23);1H. The number of nitro groups is 1. The van der Waals surface area contributed by atoms with Crippen molar-refractivity contribution in [3.8, 4) is 5.75 Å². The zero-order valence-corrected chi connectivity index (χ0v) is 16.3. The molecule has 0 aliphatic rings. The van der Waals surface area contributed by atoms with Crippen molar-refractivity contribution in [2.45, 2.75) is 25.8 Å². The van der Waals surface area contributed by atoms with Crippen molar-refractivity contribution >= 4 is 24.0 Å². The first-order chi connectivity index (χ1) is 12.3. The molecule has 2 aromatic rings. The second-order valence-electron chi connectivity index (χ2n) is 6.28. The highest BCUT2D eigenvalue weighted by molar-refractivity contribution is 5.97. The van der Waals surface area contributed by atoms with Gasteiger partial charge in [0, 0.05) is 24.7 Å². The van der Waals surface area contributed by atoms with Crippen LogP contribution in [0.5, 0.6) is 5.75 Å². The summed E-state index contributed by atoms with van der Waals surface area (Å²) in [5.74, 6) is 0.226. The van der Waals surface area contributed by atoms with Crippen LogP contribution < -0.4 is 15.8 Å². The summed E-state index contributed by atoms with van der Waals surface area (Å²) >= 11 is 0. The summed E-state index contributed by atoms with van der Waals surface area (Å²) in [6, 6.07) is 11.4. The Morgan fingerprint density at radius 1 is 1.19 bits per heavy atom. The monoisotopic (exact) mass is 393 g/mol. The highest BCUT2D eigenvalue weighted by Gasteiger charge is 2.18. The van der Waals surface area contributed by atoms with Gasteiger partial charge in [-0.25, -0.2) is 0 Å². The second kappa shape index (κ2) is 9.89. The van der Waals surface area contributed by atoms with Gasteiger partial charge in [-0.15, -0.1) is 12.4 Å². The number of non-ortho nitro benzene ring substituents is 1. The van der Waals surface area contributed by atoms with Crippen molar-refractivity contribution in [3.63, 3.8) is 0 Å². The van der Waals surface area contributed by atoms with Crippen LogP contribution in [-0.4, -0.2) is 24.5 Å². The number of methoxy groups -OCH3 is 1. The Hall–Kier alpha value is -2.64. The molecule has 0 spiro atoms. The van der Waals surface area contributed by atoms with Crippen LogP contribution in [0.25, 0.3) is 0 Å². The minimum absolute atomic E-state index is 0. The molecule has 0 bridgehead atoms. The quantitative estimate of drug-likeness (QED) is 0.552. The van der Waals surface area contributed by atoms with E-state index >= 15 is 0 Å². The Balaban J connectivity index is 0.00000364. The van der Waals surface area contributed by atoms with Crippen LogP contribution in [0.4, 0.5) is 5.69 Å². The number of benzene rings is 2. The van der Waals surface area contributed by atoms with Crippen molar-refractivity contribution in [1.29, 1.82) is 0 Å². The van der Waals surface area contributed by atoms with E-state index in [4.69, 9.17) is 10.5 Å². The van der Waals surface area contributed by atoms with E-state index in [1.54, 1.807) is 0 Å². The van der Waals surface area contributed by atoms with Gasteiger partial charge in [-0.1, -0.05) is 38.1 Å². The molecular weight excluding hydrogens is 370 g/mol. The summed E-state index contributed by atoms with van der Waals surface area (Å²) in [5, 5.41) is 13.6. The Morgan fingerprint density at radius 2 is 1.78 bits per heavy atom. The van der Waals surface area contributed by atoms with Crippen molar-refractivity contribution in [3.05, 3.63) is 69.3 Å². The Labute approximate surface area is 164 Å². The maximum absolute atomic E-state index is 12.4. The Kier molecular flexibility index (Phi) is 8.21. The molecule has 0 aliphatic heterocycles. The third-order valence-electron chi connectivity index (χ3n) is 4.15. The molecule has 0 fully saturated rings. The molecule has 1 unspecified atom stereocenters. The molecule has 27 heavy (non-hydrogen) atoms. The molecule has 0 saturated carbocycles. The molecule has 2 aromatic carbocycles. The summed E-state index contributed by atoms with van der Waals surface area (Å²) in [5.41, 5.74) is 8.18. The van der Waals surface area contributed by atoms with E-state index in [1.807, 2.05) is 24.3 Å². The number of hydrogen-bond donors (Lipinski definition) is 2. The van der Waals surface area contributed by atoms with Gasteiger partial charge in [-0.2, -0.15) is 0 Å². The number of carbonyl (C=O) groups is 1.